The first kappa shape index (κ1) is 11.5. The monoisotopic (exact) mass is 201 g/mol. The molecule has 4 heteroatoms. The van der Waals surface area contributed by atoms with Crippen LogP contribution in [-0.2, 0) is 9.53 Å². The molecule has 0 spiro atoms. The molecule has 0 radical (unpaired) electrons. The van der Waals surface area contributed by atoms with Gasteiger partial charge in [-0.2, -0.15) is 0 Å². The lowest BCUT2D eigenvalue weighted by Gasteiger charge is -2.19. The van der Waals surface area contributed by atoms with Crippen LogP contribution in [0.3, 0.4) is 0 Å². The third-order valence-electron chi connectivity index (χ3n) is 2.38. The van der Waals surface area contributed by atoms with Gasteiger partial charge in [0.1, 0.15) is 6.61 Å². The van der Waals surface area contributed by atoms with Gasteiger partial charge in [-0.15, -0.1) is 0 Å². The Kier molecular flexibility index (Phi) is 4.90. The number of rotatable bonds is 7. The average molecular weight is 201 g/mol. The van der Waals surface area contributed by atoms with Crippen molar-refractivity contribution < 1.29 is 14.6 Å². The number of amides is 1. The van der Waals surface area contributed by atoms with Crippen LogP contribution >= 0.6 is 0 Å². The zero-order valence-electron chi connectivity index (χ0n) is 8.74. The van der Waals surface area contributed by atoms with Gasteiger partial charge in [0, 0.05) is 13.1 Å². The van der Waals surface area contributed by atoms with Gasteiger partial charge in [-0.05, 0) is 25.7 Å². The minimum atomic E-state index is -0.0257. The van der Waals surface area contributed by atoms with E-state index in [9.17, 15) is 4.79 Å². The van der Waals surface area contributed by atoms with Crippen molar-refractivity contribution in [2.75, 3.05) is 32.9 Å². The molecule has 1 fully saturated rings. The van der Waals surface area contributed by atoms with Gasteiger partial charge in [0.2, 0.25) is 5.91 Å². The SMILES string of the molecule is CCN(CCO)C(=O)COCC1CC1. The summed E-state index contributed by atoms with van der Waals surface area (Å²) in [4.78, 5) is 13.1. The lowest BCUT2D eigenvalue weighted by atomic mass is 10.4. The molecule has 0 bridgehead atoms. The van der Waals surface area contributed by atoms with E-state index in [1.165, 1.54) is 12.8 Å². The van der Waals surface area contributed by atoms with E-state index in [2.05, 4.69) is 0 Å². The second-order valence-electron chi connectivity index (χ2n) is 3.66. The van der Waals surface area contributed by atoms with Crippen LogP contribution in [-0.4, -0.2) is 48.8 Å². The van der Waals surface area contributed by atoms with E-state index >= 15 is 0 Å². The van der Waals surface area contributed by atoms with Crippen LogP contribution in [0.2, 0.25) is 0 Å². The number of ether oxygens (including phenoxy) is 1. The first-order valence-corrected chi connectivity index (χ1v) is 5.24. The Morgan fingerprint density at radius 3 is 2.79 bits per heavy atom. The molecule has 4 nitrogen and oxygen atoms in total. The van der Waals surface area contributed by atoms with Crippen LogP contribution in [0, 0.1) is 5.92 Å². The maximum absolute atomic E-state index is 11.5. The van der Waals surface area contributed by atoms with Gasteiger partial charge in [0.25, 0.3) is 0 Å². The summed E-state index contributed by atoms with van der Waals surface area (Å²) < 4.78 is 5.28. The van der Waals surface area contributed by atoms with Gasteiger partial charge in [-0.25, -0.2) is 0 Å². The van der Waals surface area contributed by atoms with Crippen molar-refractivity contribution in [1.29, 1.82) is 0 Å². The fourth-order valence-corrected chi connectivity index (χ4v) is 1.27. The highest BCUT2D eigenvalue weighted by Gasteiger charge is 2.22. The first-order valence-electron chi connectivity index (χ1n) is 5.24. The highest BCUT2D eigenvalue weighted by atomic mass is 16.5. The third kappa shape index (κ3) is 4.07. The molecule has 0 aromatic heterocycles. The van der Waals surface area contributed by atoms with Crippen LogP contribution in [0.1, 0.15) is 19.8 Å². The van der Waals surface area contributed by atoms with Gasteiger partial charge >= 0.3 is 0 Å². The highest BCUT2D eigenvalue weighted by molar-refractivity contribution is 5.77. The Hall–Kier alpha value is -0.610. The molecule has 1 rings (SSSR count). The highest BCUT2D eigenvalue weighted by Crippen LogP contribution is 2.28. The summed E-state index contributed by atoms with van der Waals surface area (Å²) in [7, 11) is 0. The number of carbonyl (C=O) groups is 1. The van der Waals surface area contributed by atoms with Crippen molar-refractivity contribution >= 4 is 5.91 Å². The van der Waals surface area contributed by atoms with Crippen molar-refractivity contribution in [1.82, 2.24) is 4.90 Å². The Morgan fingerprint density at radius 2 is 2.29 bits per heavy atom. The summed E-state index contributed by atoms with van der Waals surface area (Å²) in [5.41, 5.74) is 0. The molecule has 0 atom stereocenters. The number of carbonyl (C=O) groups excluding carboxylic acids is 1. The minimum absolute atomic E-state index is 0.0161. The molecule has 0 heterocycles. The lowest BCUT2D eigenvalue weighted by molar-refractivity contribution is -0.136. The smallest absolute Gasteiger partial charge is 0.248 e. The van der Waals surface area contributed by atoms with Gasteiger partial charge < -0.3 is 14.7 Å². The second kappa shape index (κ2) is 5.98. The molecular weight excluding hydrogens is 182 g/mol. The van der Waals surface area contributed by atoms with E-state index in [0.717, 1.165) is 0 Å². The normalized spacial score (nSPS) is 15.6. The number of hydrogen-bond donors (Lipinski definition) is 1. The average Bonchev–Trinajstić information content (AvgIpc) is 2.97. The van der Waals surface area contributed by atoms with Crippen molar-refractivity contribution in [3.63, 3.8) is 0 Å². The molecule has 0 aliphatic heterocycles. The van der Waals surface area contributed by atoms with E-state index in [-0.39, 0.29) is 19.1 Å². The van der Waals surface area contributed by atoms with Crippen LogP contribution in [0.5, 0.6) is 0 Å². The van der Waals surface area contributed by atoms with Gasteiger partial charge in [-0.3, -0.25) is 4.79 Å². The Balaban J connectivity index is 2.09. The Bertz CT molecular complexity index is 180. The van der Waals surface area contributed by atoms with Crippen molar-refractivity contribution in [2.45, 2.75) is 19.8 Å². The molecule has 82 valence electrons. The molecule has 0 aromatic rings. The molecule has 0 aromatic carbocycles. The molecule has 1 amide bonds. The van der Waals surface area contributed by atoms with Crippen molar-refractivity contribution in [2.24, 2.45) is 5.92 Å². The quantitative estimate of drug-likeness (QED) is 0.642. The minimum Gasteiger partial charge on any atom is -0.395 e. The predicted molar refractivity (Wildman–Crippen MR) is 52.9 cm³/mol. The van der Waals surface area contributed by atoms with E-state index in [0.29, 0.717) is 25.6 Å². The largest absolute Gasteiger partial charge is 0.395 e. The second-order valence-corrected chi connectivity index (χ2v) is 3.66. The predicted octanol–water partition coefficient (Wildman–Crippen LogP) is 0.254. The van der Waals surface area contributed by atoms with Gasteiger partial charge in [0.15, 0.2) is 0 Å². The molecule has 0 unspecified atom stereocenters. The maximum atomic E-state index is 11.5. The topological polar surface area (TPSA) is 49.8 Å². The van der Waals surface area contributed by atoms with Gasteiger partial charge in [0.05, 0.1) is 13.2 Å². The molecule has 1 aliphatic carbocycles. The zero-order valence-corrected chi connectivity index (χ0v) is 8.74. The number of aliphatic hydroxyl groups excluding tert-OH is 1. The fraction of sp³-hybridized carbons (Fsp3) is 0.900. The summed E-state index contributed by atoms with van der Waals surface area (Å²) in [6.07, 6.45) is 2.48. The number of nitrogens with zero attached hydrogens (tertiary/aromatic N) is 1. The van der Waals surface area contributed by atoms with Crippen LogP contribution in [0.15, 0.2) is 0 Å². The van der Waals surface area contributed by atoms with Crippen LogP contribution in [0.4, 0.5) is 0 Å². The maximum Gasteiger partial charge on any atom is 0.248 e. The van der Waals surface area contributed by atoms with Crippen LogP contribution in [0.25, 0.3) is 0 Å². The van der Waals surface area contributed by atoms with E-state index < -0.39 is 0 Å². The van der Waals surface area contributed by atoms with Crippen molar-refractivity contribution in [3.8, 4) is 0 Å². The summed E-state index contributed by atoms with van der Waals surface area (Å²) >= 11 is 0. The number of aliphatic hydroxyl groups is 1. The van der Waals surface area contributed by atoms with Crippen molar-refractivity contribution in [3.05, 3.63) is 0 Å². The van der Waals surface area contributed by atoms with E-state index in [1.807, 2.05) is 6.92 Å². The fourth-order valence-electron chi connectivity index (χ4n) is 1.27. The van der Waals surface area contributed by atoms with E-state index in [4.69, 9.17) is 9.84 Å². The molecular formula is C10H19NO3. The molecule has 1 aliphatic rings. The molecule has 1 N–H and O–H groups in total. The summed E-state index contributed by atoms with van der Waals surface area (Å²) in [5.74, 6) is 0.665. The van der Waals surface area contributed by atoms with Crippen LogP contribution < -0.4 is 0 Å². The lowest BCUT2D eigenvalue weighted by Crippen LogP contribution is -2.36. The standard InChI is InChI=1S/C10H19NO3/c1-2-11(5-6-12)10(13)8-14-7-9-3-4-9/h9,12H,2-8H2,1H3. The number of likely N-dealkylation sites (N-methyl/N-ethyl adjacent to an activating group) is 1. The first-order chi connectivity index (χ1) is 6.77. The Labute approximate surface area is 84.8 Å². The molecule has 0 saturated heterocycles. The number of hydrogen-bond acceptors (Lipinski definition) is 3. The summed E-state index contributed by atoms with van der Waals surface area (Å²) in [6, 6.07) is 0. The molecule has 14 heavy (non-hydrogen) atoms. The Morgan fingerprint density at radius 1 is 1.57 bits per heavy atom. The summed E-state index contributed by atoms with van der Waals surface area (Å²) in [5, 5.41) is 8.71. The summed E-state index contributed by atoms with van der Waals surface area (Å²) in [6.45, 7) is 3.82. The molecule has 1 saturated carbocycles. The van der Waals surface area contributed by atoms with Gasteiger partial charge in [-0.1, -0.05) is 0 Å². The van der Waals surface area contributed by atoms with E-state index in [1.54, 1.807) is 4.90 Å². The zero-order chi connectivity index (χ0) is 10.4. The third-order valence-corrected chi connectivity index (χ3v) is 2.38.